The first-order chi connectivity index (χ1) is 13.9. The SMILES string of the molecule is COc1cc(NC(=O)c2ccn(COc3ccc(F)c(Cl)c3)n2)cc([N+](=O)[O-])c1. The lowest BCUT2D eigenvalue weighted by Gasteiger charge is -2.07. The lowest BCUT2D eigenvalue weighted by molar-refractivity contribution is -0.384. The second kappa shape index (κ2) is 8.57. The quantitative estimate of drug-likeness (QED) is 0.459. The standard InChI is InChI=1S/C18H14ClFN4O5/c1-28-14-7-11(6-12(8-14)24(26)27)21-18(25)17-4-5-23(22-17)10-29-13-2-3-16(20)15(19)9-13/h2-9H,10H2,1H3,(H,21,25). The van der Waals surface area contributed by atoms with Gasteiger partial charge in [0.05, 0.1) is 28.8 Å². The fraction of sp³-hybridized carbons (Fsp3) is 0.111. The summed E-state index contributed by atoms with van der Waals surface area (Å²) >= 11 is 5.69. The van der Waals surface area contributed by atoms with Crippen molar-refractivity contribution in [1.82, 2.24) is 9.78 Å². The highest BCUT2D eigenvalue weighted by Crippen LogP contribution is 2.26. The highest BCUT2D eigenvalue weighted by Gasteiger charge is 2.15. The molecule has 1 heterocycles. The van der Waals surface area contributed by atoms with Gasteiger partial charge in [-0.25, -0.2) is 9.07 Å². The highest BCUT2D eigenvalue weighted by atomic mass is 35.5. The summed E-state index contributed by atoms with van der Waals surface area (Å²) in [5, 5.41) is 17.5. The second-order valence-electron chi connectivity index (χ2n) is 5.72. The smallest absolute Gasteiger partial charge is 0.276 e. The minimum absolute atomic E-state index is 0.0418. The summed E-state index contributed by atoms with van der Waals surface area (Å²) in [5.74, 6) is -0.570. The van der Waals surface area contributed by atoms with Gasteiger partial charge in [-0.1, -0.05) is 11.6 Å². The van der Waals surface area contributed by atoms with E-state index in [4.69, 9.17) is 21.1 Å². The number of halogens is 2. The van der Waals surface area contributed by atoms with Crippen LogP contribution >= 0.6 is 11.6 Å². The van der Waals surface area contributed by atoms with Crippen LogP contribution < -0.4 is 14.8 Å². The number of carbonyl (C=O) groups is 1. The topological polar surface area (TPSA) is 109 Å². The van der Waals surface area contributed by atoms with Crippen molar-refractivity contribution in [2.75, 3.05) is 12.4 Å². The number of anilines is 1. The number of rotatable bonds is 7. The Bertz CT molecular complexity index is 1070. The first-order valence-corrected chi connectivity index (χ1v) is 8.49. The van der Waals surface area contributed by atoms with Crippen molar-refractivity contribution in [2.45, 2.75) is 6.73 Å². The summed E-state index contributed by atoms with van der Waals surface area (Å²) in [6.07, 6.45) is 1.51. The molecule has 9 nitrogen and oxygen atoms in total. The molecule has 0 radical (unpaired) electrons. The zero-order valence-corrected chi connectivity index (χ0v) is 15.7. The van der Waals surface area contributed by atoms with Crippen molar-refractivity contribution < 1.29 is 23.6 Å². The maximum Gasteiger partial charge on any atom is 0.276 e. The summed E-state index contributed by atoms with van der Waals surface area (Å²) in [7, 11) is 1.36. The van der Waals surface area contributed by atoms with Crippen LogP contribution in [0.2, 0.25) is 5.02 Å². The van der Waals surface area contributed by atoms with E-state index in [0.29, 0.717) is 5.75 Å². The molecule has 3 rings (SSSR count). The number of non-ortho nitro benzene ring substituents is 1. The summed E-state index contributed by atoms with van der Waals surface area (Å²) in [5.41, 5.74) is 0.0283. The lowest BCUT2D eigenvalue weighted by Crippen LogP contribution is -2.14. The van der Waals surface area contributed by atoms with Crippen molar-refractivity contribution in [3.63, 3.8) is 0 Å². The predicted octanol–water partition coefficient (Wildman–Crippen LogP) is 3.88. The van der Waals surface area contributed by atoms with E-state index in [9.17, 15) is 19.3 Å². The molecular formula is C18H14ClFN4O5. The number of hydrogen-bond acceptors (Lipinski definition) is 6. The molecule has 1 amide bonds. The van der Waals surface area contributed by atoms with Crippen LogP contribution in [0.25, 0.3) is 0 Å². The average Bonchev–Trinajstić information content (AvgIpc) is 3.17. The van der Waals surface area contributed by atoms with E-state index < -0.39 is 16.6 Å². The maximum absolute atomic E-state index is 13.2. The van der Waals surface area contributed by atoms with Gasteiger partial charge in [-0.15, -0.1) is 0 Å². The molecule has 1 N–H and O–H groups in total. The number of amides is 1. The highest BCUT2D eigenvalue weighted by molar-refractivity contribution is 6.30. The monoisotopic (exact) mass is 420 g/mol. The number of nitro benzene ring substituents is 1. The molecular weight excluding hydrogens is 407 g/mol. The van der Waals surface area contributed by atoms with Crippen molar-refractivity contribution >= 4 is 28.9 Å². The molecule has 150 valence electrons. The number of nitro groups is 1. The Kier molecular flexibility index (Phi) is 5.93. The van der Waals surface area contributed by atoms with E-state index in [1.54, 1.807) is 0 Å². The minimum Gasteiger partial charge on any atom is -0.496 e. The first kappa shape index (κ1) is 20.1. The average molecular weight is 421 g/mol. The zero-order chi connectivity index (χ0) is 21.0. The molecule has 0 aliphatic rings. The van der Waals surface area contributed by atoms with Gasteiger partial charge in [0.1, 0.15) is 17.3 Å². The summed E-state index contributed by atoms with van der Waals surface area (Å²) in [4.78, 5) is 22.8. The van der Waals surface area contributed by atoms with Gasteiger partial charge in [0, 0.05) is 24.4 Å². The van der Waals surface area contributed by atoms with Gasteiger partial charge < -0.3 is 14.8 Å². The molecule has 0 saturated carbocycles. The van der Waals surface area contributed by atoms with Crippen LogP contribution in [-0.4, -0.2) is 27.7 Å². The number of methoxy groups -OCH3 is 1. The van der Waals surface area contributed by atoms with Crippen LogP contribution in [0.4, 0.5) is 15.8 Å². The Morgan fingerprint density at radius 3 is 2.76 bits per heavy atom. The molecule has 29 heavy (non-hydrogen) atoms. The lowest BCUT2D eigenvalue weighted by atomic mass is 10.2. The van der Waals surface area contributed by atoms with Crippen molar-refractivity contribution in [1.29, 1.82) is 0 Å². The summed E-state index contributed by atoms with van der Waals surface area (Å²) in [6.45, 7) is -0.0418. The predicted molar refractivity (Wildman–Crippen MR) is 102 cm³/mol. The molecule has 0 saturated heterocycles. The Balaban J connectivity index is 1.67. The van der Waals surface area contributed by atoms with E-state index >= 15 is 0 Å². The normalized spacial score (nSPS) is 10.4. The number of benzene rings is 2. The molecule has 2 aromatic carbocycles. The molecule has 1 aromatic heterocycles. The van der Waals surface area contributed by atoms with Crippen LogP contribution in [0.15, 0.2) is 48.7 Å². The van der Waals surface area contributed by atoms with E-state index in [1.807, 2.05) is 0 Å². The van der Waals surface area contributed by atoms with Crippen LogP contribution in [-0.2, 0) is 6.73 Å². The molecule has 0 aliphatic carbocycles. The number of nitrogens with zero attached hydrogens (tertiary/aromatic N) is 3. The molecule has 0 atom stereocenters. The van der Waals surface area contributed by atoms with Crippen LogP contribution in [0.1, 0.15) is 10.5 Å². The number of aromatic nitrogens is 2. The van der Waals surface area contributed by atoms with E-state index in [-0.39, 0.29) is 34.6 Å². The molecule has 11 heteroatoms. The fourth-order valence-corrected chi connectivity index (χ4v) is 2.51. The van der Waals surface area contributed by atoms with Gasteiger partial charge in [-0.05, 0) is 18.2 Å². The van der Waals surface area contributed by atoms with Gasteiger partial charge >= 0.3 is 0 Å². The summed E-state index contributed by atoms with van der Waals surface area (Å²) in [6, 6.07) is 9.25. The number of ether oxygens (including phenoxy) is 2. The largest absolute Gasteiger partial charge is 0.496 e. The van der Waals surface area contributed by atoms with Crippen LogP contribution in [0.3, 0.4) is 0 Å². The van der Waals surface area contributed by atoms with Gasteiger partial charge in [-0.3, -0.25) is 14.9 Å². The molecule has 3 aromatic rings. The number of hydrogen-bond donors (Lipinski definition) is 1. The molecule has 0 bridgehead atoms. The van der Waals surface area contributed by atoms with Crippen LogP contribution in [0, 0.1) is 15.9 Å². The molecule has 0 aliphatic heterocycles. The third kappa shape index (κ3) is 4.99. The third-order valence-corrected chi connectivity index (χ3v) is 4.01. The summed E-state index contributed by atoms with van der Waals surface area (Å²) < 4.78 is 24.9. The Hall–Kier alpha value is -3.66. The van der Waals surface area contributed by atoms with Gasteiger partial charge in [0.15, 0.2) is 12.4 Å². The van der Waals surface area contributed by atoms with Crippen molar-refractivity contribution in [3.05, 3.63) is 75.3 Å². The van der Waals surface area contributed by atoms with Crippen molar-refractivity contribution in [3.8, 4) is 11.5 Å². The molecule has 0 unspecified atom stereocenters. The molecule has 0 fully saturated rings. The minimum atomic E-state index is -0.591. The third-order valence-electron chi connectivity index (χ3n) is 3.72. The zero-order valence-electron chi connectivity index (χ0n) is 15.0. The van der Waals surface area contributed by atoms with Gasteiger partial charge in [0.25, 0.3) is 11.6 Å². The van der Waals surface area contributed by atoms with E-state index in [1.165, 1.54) is 60.5 Å². The number of carbonyl (C=O) groups excluding carboxylic acids is 1. The fourth-order valence-electron chi connectivity index (χ4n) is 2.34. The number of nitrogens with one attached hydrogen (secondary N) is 1. The van der Waals surface area contributed by atoms with E-state index in [2.05, 4.69) is 10.4 Å². The van der Waals surface area contributed by atoms with E-state index in [0.717, 1.165) is 0 Å². The van der Waals surface area contributed by atoms with Gasteiger partial charge in [0.2, 0.25) is 0 Å². The van der Waals surface area contributed by atoms with Gasteiger partial charge in [-0.2, -0.15) is 5.10 Å². The Morgan fingerprint density at radius 2 is 2.07 bits per heavy atom. The Morgan fingerprint density at radius 1 is 1.28 bits per heavy atom. The van der Waals surface area contributed by atoms with Crippen molar-refractivity contribution in [2.24, 2.45) is 0 Å². The maximum atomic E-state index is 13.2. The Labute approximate surface area is 168 Å². The first-order valence-electron chi connectivity index (χ1n) is 8.12. The second-order valence-corrected chi connectivity index (χ2v) is 6.13. The molecule has 0 spiro atoms. The van der Waals surface area contributed by atoms with Crippen LogP contribution in [0.5, 0.6) is 11.5 Å².